The van der Waals surface area contributed by atoms with Crippen LogP contribution in [0.15, 0.2) is 47.0 Å². The summed E-state index contributed by atoms with van der Waals surface area (Å²) in [4.78, 5) is 14.3. The maximum atomic E-state index is 12.4. The molecule has 5 heteroatoms. The normalized spacial score (nSPS) is 22.9. The van der Waals surface area contributed by atoms with Gasteiger partial charge in [0.15, 0.2) is 0 Å². The predicted octanol–water partition coefficient (Wildman–Crippen LogP) is 4.07. The Morgan fingerprint density at radius 3 is 2.72 bits per heavy atom. The summed E-state index contributed by atoms with van der Waals surface area (Å²) in [5.41, 5.74) is 1.65. The molecular formula is C20H23N3OS. The predicted molar refractivity (Wildman–Crippen MR) is 103 cm³/mol. The van der Waals surface area contributed by atoms with E-state index in [1.165, 1.54) is 18.4 Å². The van der Waals surface area contributed by atoms with Crippen molar-refractivity contribution in [2.75, 3.05) is 4.90 Å². The summed E-state index contributed by atoms with van der Waals surface area (Å²) in [5.74, 6) is -0.352. The van der Waals surface area contributed by atoms with Crippen LogP contribution in [0.3, 0.4) is 0 Å². The van der Waals surface area contributed by atoms with Crippen molar-refractivity contribution < 1.29 is 4.79 Å². The number of aryl methyl sites for hydroxylation is 1. The number of nitrogens with one attached hydrogen (secondary N) is 1. The maximum absolute atomic E-state index is 12.4. The summed E-state index contributed by atoms with van der Waals surface area (Å²) >= 11 is 4.56. The molecule has 1 aromatic rings. The number of thiol groups is 1. The lowest BCUT2D eigenvalue weighted by Gasteiger charge is -2.48. The average Bonchev–Trinajstić information content (AvgIpc) is 2.62. The highest BCUT2D eigenvalue weighted by molar-refractivity contribution is 7.84. The molecule has 1 spiro atoms. The number of nitriles is 1. The molecule has 0 radical (unpaired) electrons. The van der Waals surface area contributed by atoms with Crippen LogP contribution in [0.25, 0.3) is 0 Å². The van der Waals surface area contributed by atoms with Crippen LogP contribution in [0.1, 0.15) is 44.6 Å². The highest BCUT2D eigenvalue weighted by Crippen LogP contribution is 2.39. The third kappa shape index (κ3) is 3.32. The molecule has 0 saturated heterocycles. The molecule has 1 atom stereocenters. The van der Waals surface area contributed by atoms with Gasteiger partial charge >= 0.3 is 0 Å². The van der Waals surface area contributed by atoms with Crippen molar-refractivity contribution in [2.24, 2.45) is 0 Å². The van der Waals surface area contributed by atoms with Crippen molar-refractivity contribution in [3.63, 3.8) is 0 Å². The minimum atomic E-state index is -0.641. The summed E-state index contributed by atoms with van der Waals surface area (Å²) in [6.45, 7) is 2.19. The van der Waals surface area contributed by atoms with Gasteiger partial charge in [0.2, 0.25) is 0 Å². The number of carbonyl (C=O) groups is 1. The van der Waals surface area contributed by atoms with Crippen LogP contribution in [0.5, 0.6) is 0 Å². The Kier molecular flexibility index (Phi) is 5.19. The first-order valence-electron chi connectivity index (χ1n) is 8.84. The number of allylic oxidation sites excluding steroid dienone is 1. The number of hydrogen-bond donors (Lipinski definition) is 2. The topological polar surface area (TPSA) is 56.1 Å². The smallest absolute Gasteiger partial charge is 0.266 e. The lowest BCUT2D eigenvalue weighted by atomic mass is 9.91. The second-order valence-electron chi connectivity index (χ2n) is 6.59. The molecule has 1 heterocycles. The SMILES string of the molecule is CCCCc1ccc(N2C(S)=C(C#N)C(=O)NC23C=CCCC3)cc1. The summed E-state index contributed by atoms with van der Waals surface area (Å²) < 4.78 is 0. The molecule has 1 aromatic carbocycles. The molecular weight excluding hydrogens is 330 g/mol. The number of anilines is 1. The second kappa shape index (κ2) is 7.37. The zero-order chi connectivity index (χ0) is 17.9. The van der Waals surface area contributed by atoms with Gasteiger partial charge in [-0.25, -0.2) is 0 Å². The fourth-order valence-corrected chi connectivity index (χ4v) is 3.95. The maximum Gasteiger partial charge on any atom is 0.266 e. The monoisotopic (exact) mass is 353 g/mol. The van der Waals surface area contributed by atoms with E-state index in [4.69, 9.17) is 0 Å². The van der Waals surface area contributed by atoms with Crippen molar-refractivity contribution in [1.82, 2.24) is 5.32 Å². The van der Waals surface area contributed by atoms with Gasteiger partial charge in [0, 0.05) is 5.69 Å². The van der Waals surface area contributed by atoms with Crippen LogP contribution < -0.4 is 10.2 Å². The van der Waals surface area contributed by atoms with Crippen LogP contribution in [-0.4, -0.2) is 11.6 Å². The van der Waals surface area contributed by atoms with Crippen molar-refractivity contribution in [3.8, 4) is 6.07 Å². The Bertz CT molecular complexity index is 760. The zero-order valence-corrected chi connectivity index (χ0v) is 15.4. The Morgan fingerprint density at radius 1 is 1.36 bits per heavy atom. The first-order chi connectivity index (χ1) is 12.1. The third-order valence-corrected chi connectivity index (χ3v) is 5.26. The molecule has 0 saturated carbocycles. The van der Waals surface area contributed by atoms with E-state index < -0.39 is 5.66 Å². The largest absolute Gasteiger partial charge is 0.325 e. The molecule has 0 fully saturated rings. The number of rotatable bonds is 4. The van der Waals surface area contributed by atoms with E-state index in [0.717, 1.165) is 31.4 Å². The number of carbonyl (C=O) groups excluding carboxylic acids is 1. The van der Waals surface area contributed by atoms with Gasteiger partial charge in [-0.05, 0) is 55.9 Å². The molecule has 4 nitrogen and oxygen atoms in total. The lowest BCUT2D eigenvalue weighted by Crippen LogP contribution is -2.63. The van der Waals surface area contributed by atoms with Gasteiger partial charge in [-0.3, -0.25) is 4.79 Å². The third-order valence-electron chi connectivity index (χ3n) is 4.84. The van der Waals surface area contributed by atoms with Gasteiger partial charge < -0.3 is 10.2 Å². The number of hydrogen-bond acceptors (Lipinski definition) is 4. The summed E-state index contributed by atoms with van der Waals surface area (Å²) in [7, 11) is 0. The molecule has 25 heavy (non-hydrogen) atoms. The first-order valence-corrected chi connectivity index (χ1v) is 9.29. The molecule has 1 N–H and O–H groups in total. The molecule has 2 aliphatic rings. The Hall–Kier alpha value is -2.19. The number of benzene rings is 1. The van der Waals surface area contributed by atoms with E-state index in [0.29, 0.717) is 5.03 Å². The molecule has 1 aliphatic carbocycles. The molecule has 1 amide bonds. The minimum Gasteiger partial charge on any atom is -0.325 e. The van der Waals surface area contributed by atoms with E-state index in [1.807, 2.05) is 17.0 Å². The number of unbranched alkanes of at least 4 members (excludes halogenated alkanes) is 1. The lowest BCUT2D eigenvalue weighted by molar-refractivity contribution is -0.119. The highest BCUT2D eigenvalue weighted by Gasteiger charge is 2.44. The molecule has 1 unspecified atom stereocenters. The summed E-state index contributed by atoms with van der Waals surface area (Å²) in [6.07, 6.45) is 10.3. The van der Waals surface area contributed by atoms with Crippen molar-refractivity contribution >= 4 is 24.2 Å². The number of nitrogens with zero attached hydrogens (tertiary/aromatic N) is 2. The molecule has 130 valence electrons. The van der Waals surface area contributed by atoms with Crippen LogP contribution in [0.4, 0.5) is 5.69 Å². The molecule has 0 aromatic heterocycles. The van der Waals surface area contributed by atoms with Gasteiger partial charge in [-0.1, -0.05) is 31.6 Å². The zero-order valence-electron chi connectivity index (χ0n) is 14.5. The molecule has 3 rings (SSSR count). The molecule has 1 aliphatic heterocycles. The summed E-state index contributed by atoms with van der Waals surface area (Å²) in [6, 6.07) is 10.3. The second-order valence-corrected chi connectivity index (χ2v) is 7.01. The highest BCUT2D eigenvalue weighted by atomic mass is 32.1. The van der Waals surface area contributed by atoms with Gasteiger partial charge in [0.05, 0.1) is 5.03 Å². The van der Waals surface area contributed by atoms with Crippen molar-refractivity contribution in [3.05, 3.63) is 52.6 Å². The van der Waals surface area contributed by atoms with Gasteiger partial charge in [-0.15, -0.1) is 12.6 Å². The minimum absolute atomic E-state index is 0.0583. The van der Waals surface area contributed by atoms with E-state index in [-0.39, 0.29) is 11.5 Å². The van der Waals surface area contributed by atoms with Crippen LogP contribution >= 0.6 is 12.6 Å². The van der Waals surface area contributed by atoms with E-state index in [9.17, 15) is 10.1 Å². The standard InChI is InChI=1S/C20H23N3OS/c1-2-3-7-15-8-10-16(11-9-15)23-19(25)17(14-21)18(24)22-20(23)12-5-4-6-13-20/h5,8-12,25H,2-4,6-7,13H2,1H3,(H,22,24). The van der Waals surface area contributed by atoms with Crippen LogP contribution in [-0.2, 0) is 11.2 Å². The quantitative estimate of drug-likeness (QED) is 0.634. The summed E-state index contributed by atoms with van der Waals surface area (Å²) in [5, 5.41) is 12.8. The van der Waals surface area contributed by atoms with Crippen LogP contribution in [0, 0.1) is 11.3 Å². The fourth-order valence-electron chi connectivity index (χ4n) is 3.50. The Morgan fingerprint density at radius 2 is 2.12 bits per heavy atom. The Labute approximate surface area is 154 Å². The Balaban J connectivity index is 2.03. The molecule has 0 bridgehead atoms. The average molecular weight is 353 g/mol. The van der Waals surface area contributed by atoms with Gasteiger partial charge in [0.25, 0.3) is 5.91 Å². The number of amides is 1. The van der Waals surface area contributed by atoms with E-state index >= 15 is 0 Å². The van der Waals surface area contributed by atoms with Gasteiger partial charge in [-0.2, -0.15) is 5.26 Å². The van der Waals surface area contributed by atoms with E-state index in [1.54, 1.807) is 0 Å². The van der Waals surface area contributed by atoms with Crippen molar-refractivity contribution in [1.29, 1.82) is 5.26 Å². The fraction of sp³-hybridized carbons (Fsp3) is 0.400. The van der Waals surface area contributed by atoms with Crippen LogP contribution in [0.2, 0.25) is 0 Å². The van der Waals surface area contributed by atoms with E-state index in [2.05, 4.69) is 55.2 Å². The van der Waals surface area contributed by atoms with Gasteiger partial charge in [0.1, 0.15) is 17.3 Å². The van der Waals surface area contributed by atoms with Crippen molar-refractivity contribution in [2.45, 2.75) is 51.1 Å². The first kappa shape index (κ1) is 17.6.